The maximum atomic E-state index is 11.6. The highest BCUT2D eigenvalue weighted by molar-refractivity contribution is 5.78. The molecular weight excluding hydrogens is 302 g/mol. The van der Waals surface area contributed by atoms with E-state index in [-0.39, 0.29) is 0 Å². The van der Waals surface area contributed by atoms with Crippen LogP contribution in [0.2, 0.25) is 0 Å². The fourth-order valence-electron chi connectivity index (χ4n) is 2.29. The summed E-state index contributed by atoms with van der Waals surface area (Å²) in [6.45, 7) is 0.320. The van der Waals surface area contributed by atoms with E-state index in [4.69, 9.17) is 9.84 Å². The Bertz CT molecular complexity index is 417. The summed E-state index contributed by atoms with van der Waals surface area (Å²) in [6.07, 6.45) is -7.09. The highest BCUT2D eigenvalue weighted by Gasteiger charge is 2.54. The van der Waals surface area contributed by atoms with E-state index in [1.807, 2.05) is 0 Å². The molecule has 0 spiro atoms. The van der Waals surface area contributed by atoms with Gasteiger partial charge in [-0.1, -0.05) is 0 Å². The molecule has 10 nitrogen and oxygen atoms in total. The number of methoxy groups -OCH3 is 1. The average Bonchev–Trinajstić information content (AvgIpc) is 2.46. The standard InChI is InChI=1S/C12H21NO9/c1-5(15)13-8-6(16)3-12(20,11(19)21-2)22-10(8)9(18)7(17)4-14/h6-10,14,16-18,20H,3-4H2,1-2H3,(H,13,15)/t6?,7-,8?,9-,10?,12+/m1/s1. The first-order valence-electron chi connectivity index (χ1n) is 6.57. The molecular formula is C12H21NO9. The summed E-state index contributed by atoms with van der Waals surface area (Å²) in [4.78, 5) is 22.8. The van der Waals surface area contributed by atoms with E-state index in [0.29, 0.717) is 0 Å². The lowest BCUT2D eigenvalue weighted by molar-refractivity contribution is -0.296. The van der Waals surface area contributed by atoms with Crippen molar-refractivity contribution < 1.29 is 44.6 Å². The molecule has 1 amide bonds. The third kappa shape index (κ3) is 3.91. The summed E-state index contributed by atoms with van der Waals surface area (Å²) in [7, 11) is 0.990. The van der Waals surface area contributed by atoms with Gasteiger partial charge in [0.15, 0.2) is 0 Å². The van der Waals surface area contributed by atoms with Crippen LogP contribution in [0, 0.1) is 0 Å². The predicted octanol–water partition coefficient (Wildman–Crippen LogP) is -3.78. The normalized spacial score (nSPS) is 34.6. The number of aliphatic hydroxyl groups excluding tert-OH is 4. The van der Waals surface area contributed by atoms with E-state index in [1.54, 1.807) is 0 Å². The lowest BCUT2D eigenvalue weighted by Crippen LogP contribution is -2.67. The number of aliphatic hydroxyl groups is 5. The van der Waals surface area contributed by atoms with Crippen molar-refractivity contribution in [3.8, 4) is 0 Å². The average molecular weight is 323 g/mol. The number of carbonyl (C=O) groups excluding carboxylic acids is 2. The molecule has 0 aromatic rings. The minimum absolute atomic E-state index is 0.563. The van der Waals surface area contributed by atoms with Crippen LogP contribution >= 0.6 is 0 Å². The minimum atomic E-state index is -2.55. The lowest BCUT2D eigenvalue weighted by Gasteiger charge is -2.45. The fraction of sp³-hybridized carbons (Fsp3) is 0.833. The van der Waals surface area contributed by atoms with E-state index in [0.717, 1.165) is 14.0 Å². The number of rotatable bonds is 5. The van der Waals surface area contributed by atoms with Gasteiger partial charge in [-0.25, -0.2) is 4.79 Å². The fourth-order valence-corrected chi connectivity index (χ4v) is 2.29. The molecule has 6 atom stereocenters. The summed E-state index contributed by atoms with van der Waals surface area (Å²) < 4.78 is 9.45. The van der Waals surface area contributed by atoms with Crippen LogP contribution in [-0.4, -0.2) is 87.4 Å². The monoisotopic (exact) mass is 323 g/mol. The molecule has 1 aliphatic heterocycles. The zero-order valence-corrected chi connectivity index (χ0v) is 12.2. The Morgan fingerprint density at radius 1 is 1.45 bits per heavy atom. The minimum Gasteiger partial charge on any atom is -0.465 e. The van der Waals surface area contributed by atoms with Gasteiger partial charge >= 0.3 is 5.97 Å². The topological polar surface area (TPSA) is 166 Å². The lowest BCUT2D eigenvalue weighted by atomic mass is 9.88. The van der Waals surface area contributed by atoms with E-state index in [2.05, 4.69) is 10.1 Å². The Balaban J connectivity index is 3.09. The Labute approximate surface area is 126 Å². The SMILES string of the molecule is COC(=O)[C@]1(O)CC(O)C(NC(C)=O)C([C@H](O)[C@H](O)CO)O1. The number of ether oxygens (including phenoxy) is 2. The molecule has 128 valence electrons. The predicted molar refractivity (Wildman–Crippen MR) is 69.2 cm³/mol. The van der Waals surface area contributed by atoms with Gasteiger partial charge < -0.3 is 40.3 Å². The van der Waals surface area contributed by atoms with Crippen LogP contribution in [0.25, 0.3) is 0 Å². The van der Waals surface area contributed by atoms with Gasteiger partial charge in [-0.2, -0.15) is 0 Å². The molecule has 0 radical (unpaired) electrons. The van der Waals surface area contributed by atoms with Gasteiger partial charge in [0.2, 0.25) is 5.91 Å². The van der Waals surface area contributed by atoms with E-state index in [9.17, 15) is 30.0 Å². The first-order valence-corrected chi connectivity index (χ1v) is 6.57. The molecule has 0 aromatic heterocycles. The van der Waals surface area contributed by atoms with Crippen LogP contribution in [0.1, 0.15) is 13.3 Å². The van der Waals surface area contributed by atoms with E-state index < -0.39 is 61.1 Å². The van der Waals surface area contributed by atoms with Crippen LogP contribution < -0.4 is 5.32 Å². The molecule has 1 heterocycles. The van der Waals surface area contributed by atoms with Gasteiger partial charge in [0.25, 0.3) is 5.79 Å². The Hall–Kier alpha value is -1.30. The van der Waals surface area contributed by atoms with Crippen LogP contribution in [0.15, 0.2) is 0 Å². The number of hydrogen-bond donors (Lipinski definition) is 6. The Kier molecular flexibility index (Phi) is 6.23. The van der Waals surface area contributed by atoms with Crippen molar-refractivity contribution in [1.29, 1.82) is 0 Å². The van der Waals surface area contributed by atoms with Crippen LogP contribution in [0.5, 0.6) is 0 Å². The molecule has 1 aliphatic rings. The highest BCUT2D eigenvalue weighted by Crippen LogP contribution is 2.31. The third-order valence-corrected chi connectivity index (χ3v) is 3.38. The van der Waals surface area contributed by atoms with E-state index in [1.165, 1.54) is 0 Å². The molecule has 10 heteroatoms. The first kappa shape index (κ1) is 18.7. The Morgan fingerprint density at radius 3 is 2.50 bits per heavy atom. The second-order valence-corrected chi connectivity index (χ2v) is 5.10. The van der Waals surface area contributed by atoms with Crippen LogP contribution in [0.3, 0.4) is 0 Å². The van der Waals surface area contributed by atoms with Gasteiger partial charge in [0.1, 0.15) is 18.3 Å². The molecule has 1 saturated heterocycles. The molecule has 3 unspecified atom stereocenters. The first-order chi connectivity index (χ1) is 10.2. The van der Waals surface area contributed by atoms with Gasteiger partial charge in [-0.05, 0) is 0 Å². The van der Waals surface area contributed by atoms with Gasteiger partial charge in [0, 0.05) is 13.3 Å². The molecule has 1 fully saturated rings. The van der Waals surface area contributed by atoms with Crippen LogP contribution in [0.4, 0.5) is 0 Å². The smallest absolute Gasteiger partial charge is 0.366 e. The van der Waals surface area contributed by atoms with Crippen molar-refractivity contribution in [3.63, 3.8) is 0 Å². The van der Waals surface area contributed by atoms with Crippen molar-refractivity contribution in [3.05, 3.63) is 0 Å². The largest absolute Gasteiger partial charge is 0.465 e. The second kappa shape index (κ2) is 7.31. The summed E-state index contributed by atoms with van der Waals surface area (Å²) in [6, 6.07) is -1.21. The number of carbonyl (C=O) groups is 2. The van der Waals surface area contributed by atoms with Gasteiger partial charge in [-0.15, -0.1) is 0 Å². The second-order valence-electron chi connectivity index (χ2n) is 5.10. The van der Waals surface area contributed by atoms with Crippen molar-refractivity contribution in [2.24, 2.45) is 0 Å². The quantitative estimate of drug-likeness (QED) is 0.278. The van der Waals surface area contributed by atoms with Gasteiger partial charge in [0.05, 0.1) is 25.9 Å². The number of nitrogens with one attached hydrogen (secondary N) is 1. The maximum Gasteiger partial charge on any atom is 0.366 e. The van der Waals surface area contributed by atoms with Crippen LogP contribution in [-0.2, 0) is 19.1 Å². The highest BCUT2D eigenvalue weighted by atomic mass is 16.7. The molecule has 22 heavy (non-hydrogen) atoms. The summed E-state index contributed by atoms with van der Waals surface area (Å²) in [5.41, 5.74) is 0. The van der Waals surface area contributed by atoms with Crippen molar-refractivity contribution in [1.82, 2.24) is 5.32 Å². The zero-order valence-electron chi connectivity index (χ0n) is 12.2. The maximum absolute atomic E-state index is 11.6. The van der Waals surface area contributed by atoms with Crippen molar-refractivity contribution in [2.45, 2.75) is 49.6 Å². The van der Waals surface area contributed by atoms with Gasteiger partial charge in [-0.3, -0.25) is 4.79 Å². The number of esters is 1. The molecule has 1 rings (SSSR count). The molecule has 0 bridgehead atoms. The van der Waals surface area contributed by atoms with Crippen molar-refractivity contribution >= 4 is 11.9 Å². The third-order valence-electron chi connectivity index (χ3n) is 3.38. The van der Waals surface area contributed by atoms with Crippen molar-refractivity contribution in [2.75, 3.05) is 13.7 Å². The molecule has 6 N–H and O–H groups in total. The number of hydrogen-bond acceptors (Lipinski definition) is 9. The zero-order chi connectivity index (χ0) is 17.1. The Morgan fingerprint density at radius 2 is 2.05 bits per heavy atom. The molecule has 0 aliphatic carbocycles. The summed E-state index contributed by atoms with van der Waals surface area (Å²) >= 11 is 0. The van der Waals surface area contributed by atoms with E-state index >= 15 is 0 Å². The summed E-state index contributed by atoms with van der Waals surface area (Å²) in [5, 5.41) is 50.8. The molecule has 0 saturated carbocycles. The number of amides is 1. The molecule has 0 aromatic carbocycles. The summed E-state index contributed by atoms with van der Waals surface area (Å²) in [5.74, 6) is -4.32.